The van der Waals surface area contributed by atoms with Gasteiger partial charge in [-0.3, -0.25) is 4.79 Å². The van der Waals surface area contributed by atoms with Crippen LogP contribution in [0.5, 0.6) is 0 Å². The number of carbonyl (C=O) groups excluding carboxylic acids is 3. The lowest BCUT2D eigenvalue weighted by Gasteiger charge is -2.20. The zero-order valence-corrected chi connectivity index (χ0v) is 11.2. The number of hydrogen-bond donors (Lipinski definition) is 0. The van der Waals surface area contributed by atoms with E-state index in [0.29, 0.717) is 0 Å². The average molecular weight is 277 g/mol. The number of imide groups is 1. The molecule has 6 heteroatoms. The van der Waals surface area contributed by atoms with Gasteiger partial charge in [0, 0.05) is 0 Å². The van der Waals surface area contributed by atoms with Crippen LogP contribution in [0.15, 0.2) is 30.3 Å². The number of esters is 1. The van der Waals surface area contributed by atoms with Crippen LogP contribution in [0.2, 0.25) is 0 Å². The molecule has 1 aliphatic rings. The monoisotopic (exact) mass is 277 g/mol. The molecule has 0 bridgehead atoms. The maximum absolute atomic E-state index is 12.1. The van der Waals surface area contributed by atoms with Gasteiger partial charge in [-0.05, 0) is 19.4 Å². The van der Waals surface area contributed by atoms with Crippen LogP contribution < -0.4 is 0 Å². The van der Waals surface area contributed by atoms with Gasteiger partial charge in [-0.1, -0.05) is 30.3 Å². The van der Waals surface area contributed by atoms with Crippen LogP contribution in [-0.4, -0.2) is 35.6 Å². The van der Waals surface area contributed by atoms with Crippen LogP contribution in [0, 0.1) is 0 Å². The molecule has 2 amide bonds. The van der Waals surface area contributed by atoms with E-state index in [2.05, 4.69) is 0 Å². The van der Waals surface area contributed by atoms with Crippen LogP contribution in [0.25, 0.3) is 0 Å². The average Bonchev–Trinajstić information content (AvgIpc) is 2.75. The fourth-order valence-corrected chi connectivity index (χ4v) is 2.02. The second-order valence-corrected chi connectivity index (χ2v) is 4.31. The largest absolute Gasteiger partial charge is 0.463 e. The lowest BCUT2D eigenvalue weighted by Crippen LogP contribution is -2.37. The summed E-state index contributed by atoms with van der Waals surface area (Å²) in [6.07, 6.45) is -2.32. The Hall–Kier alpha value is -2.37. The third-order valence-corrected chi connectivity index (χ3v) is 3.05. The first kappa shape index (κ1) is 14.0. The van der Waals surface area contributed by atoms with Crippen LogP contribution >= 0.6 is 0 Å². The van der Waals surface area contributed by atoms with Crippen molar-refractivity contribution >= 4 is 18.0 Å². The van der Waals surface area contributed by atoms with Crippen LogP contribution in [0.3, 0.4) is 0 Å². The second kappa shape index (κ2) is 5.73. The van der Waals surface area contributed by atoms with Crippen molar-refractivity contribution in [3.05, 3.63) is 35.9 Å². The van der Waals surface area contributed by atoms with E-state index in [1.165, 1.54) is 0 Å². The highest BCUT2D eigenvalue weighted by molar-refractivity contribution is 6.11. The number of nitrogens with zero attached hydrogens (tertiary/aromatic N) is 1. The molecule has 0 N–H and O–H groups in total. The molecule has 106 valence electrons. The highest BCUT2D eigenvalue weighted by Gasteiger charge is 2.48. The molecule has 0 aliphatic carbocycles. The lowest BCUT2D eigenvalue weighted by molar-refractivity contribution is -0.155. The Kier molecular flexibility index (Phi) is 4.02. The quantitative estimate of drug-likeness (QED) is 0.618. The van der Waals surface area contributed by atoms with Crippen molar-refractivity contribution in [2.45, 2.75) is 26.0 Å². The number of hydrogen-bond acceptors (Lipinski definition) is 5. The van der Waals surface area contributed by atoms with Crippen molar-refractivity contribution in [2.75, 3.05) is 6.61 Å². The highest BCUT2D eigenvalue weighted by Crippen LogP contribution is 2.26. The number of ether oxygens (including phenoxy) is 2. The Labute approximate surface area is 116 Å². The summed E-state index contributed by atoms with van der Waals surface area (Å²) in [5, 5.41) is 0. The highest BCUT2D eigenvalue weighted by atomic mass is 16.6. The smallest absolute Gasteiger partial charge is 0.418 e. The zero-order valence-electron chi connectivity index (χ0n) is 11.2. The Balaban J connectivity index is 2.19. The van der Waals surface area contributed by atoms with Crippen molar-refractivity contribution in [2.24, 2.45) is 0 Å². The van der Waals surface area contributed by atoms with E-state index in [-0.39, 0.29) is 6.61 Å². The second-order valence-electron chi connectivity index (χ2n) is 4.31. The minimum Gasteiger partial charge on any atom is -0.463 e. The third-order valence-electron chi connectivity index (χ3n) is 3.05. The van der Waals surface area contributed by atoms with Crippen molar-refractivity contribution in [3.8, 4) is 0 Å². The number of benzene rings is 1. The maximum Gasteiger partial charge on any atom is 0.418 e. The van der Waals surface area contributed by atoms with Gasteiger partial charge in [-0.25, -0.2) is 14.5 Å². The molecule has 1 saturated heterocycles. The van der Waals surface area contributed by atoms with E-state index in [0.717, 1.165) is 10.5 Å². The van der Waals surface area contributed by atoms with Gasteiger partial charge in [0.05, 0.1) is 12.6 Å². The molecule has 1 aromatic carbocycles. The van der Waals surface area contributed by atoms with E-state index >= 15 is 0 Å². The minimum atomic E-state index is -1.49. The Morgan fingerprint density at radius 2 is 2.00 bits per heavy atom. The van der Waals surface area contributed by atoms with E-state index in [9.17, 15) is 14.4 Å². The molecule has 0 saturated carbocycles. The zero-order chi connectivity index (χ0) is 14.7. The summed E-state index contributed by atoms with van der Waals surface area (Å²) in [5.74, 6) is -1.53. The van der Waals surface area contributed by atoms with E-state index in [1.807, 2.05) is 6.07 Å². The van der Waals surface area contributed by atoms with Crippen LogP contribution in [0.1, 0.15) is 25.5 Å². The van der Waals surface area contributed by atoms with Crippen LogP contribution in [-0.2, 0) is 19.1 Å². The van der Waals surface area contributed by atoms with E-state index in [1.54, 1.807) is 38.1 Å². The molecular weight excluding hydrogens is 262 g/mol. The maximum atomic E-state index is 12.1. The van der Waals surface area contributed by atoms with Crippen molar-refractivity contribution in [3.63, 3.8) is 0 Å². The van der Waals surface area contributed by atoms with Gasteiger partial charge in [0.1, 0.15) is 0 Å². The number of cyclic esters (lactones) is 1. The van der Waals surface area contributed by atoms with Crippen molar-refractivity contribution in [1.29, 1.82) is 0 Å². The van der Waals surface area contributed by atoms with E-state index in [4.69, 9.17) is 9.47 Å². The number of amides is 2. The molecule has 1 aromatic rings. The lowest BCUT2D eigenvalue weighted by atomic mass is 10.1. The molecule has 0 spiro atoms. The molecule has 6 nitrogen and oxygen atoms in total. The fourth-order valence-electron chi connectivity index (χ4n) is 2.02. The molecule has 1 fully saturated rings. The molecule has 0 unspecified atom stereocenters. The molecular formula is C14H15NO5. The normalized spacial score (nSPS) is 19.7. The number of rotatable bonds is 4. The van der Waals surface area contributed by atoms with Gasteiger partial charge in [-0.2, -0.15) is 0 Å². The SMILES string of the molecule is CCOC(=O)[C@H]1OC(=O)N([C@H](C)c2ccccc2)C1=O. The molecule has 2 rings (SSSR count). The molecule has 1 heterocycles. The predicted molar refractivity (Wildman–Crippen MR) is 68.6 cm³/mol. The van der Waals surface area contributed by atoms with E-state index < -0.39 is 30.1 Å². The summed E-state index contributed by atoms with van der Waals surface area (Å²) in [7, 11) is 0. The third kappa shape index (κ3) is 2.49. The molecule has 0 radical (unpaired) electrons. The number of carbonyl (C=O) groups is 3. The van der Waals surface area contributed by atoms with Crippen molar-refractivity contribution < 1.29 is 23.9 Å². The fraction of sp³-hybridized carbons (Fsp3) is 0.357. The van der Waals surface area contributed by atoms with Crippen LogP contribution in [0.4, 0.5) is 4.79 Å². The Morgan fingerprint density at radius 1 is 1.35 bits per heavy atom. The van der Waals surface area contributed by atoms with Gasteiger partial charge in [0.15, 0.2) is 0 Å². The summed E-state index contributed by atoms with van der Waals surface area (Å²) < 4.78 is 9.52. The van der Waals surface area contributed by atoms with Crippen molar-refractivity contribution in [1.82, 2.24) is 4.90 Å². The van der Waals surface area contributed by atoms with Gasteiger partial charge >= 0.3 is 12.1 Å². The molecule has 2 atom stereocenters. The first-order valence-electron chi connectivity index (χ1n) is 6.31. The molecule has 20 heavy (non-hydrogen) atoms. The van der Waals surface area contributed by atoms with Gasteiger partial charge < -0.3 is 9.47 Å². The molecule has 1 aliphatic heterocycles. The summed E-state index contributed by atoms with van der Waals surface area (Å²) in [6, 6.07) is 8.53. The van der Waals surface area contributed by atoms with Gasteiger partial charge in [-0.15, -0.1) is 0 Å². The summed E-state index contributed by atoms with van der Waals surface area (Å²) in [5.41, 5.74) is 0.780. The first-order valence-corrected chi connectivity index (χ1v) is 6.31. The summed E-state index contributed by atoms with van der Waals surface area (Å²) in [4.78, 5) is 36.4. The first-order chi connectivity index (χ1) is 9.56. The topological polar surface area (TPSA) is 72.9 Å². The Morgan fingerprint density at radius 3 is 2.60 bits per heavy atom. The predicted octanol–water partition coefficient (Wildman–Crippen LogP) is 1.66. The minimum absolute atomic E-state index is 0.119. The standard InChI is InChI=1S/C14H15NO5/c1-3-19-13(17)11-12(16)15(14(18)20-11)9(2)10-7-5-4-6-8-10/h4-9,11H,3H2,1-2H3/t9-,11+/m1/s1. The summed E-state index contributed by atoms with van der Waals surface area (Å²) in [6.45, 7) is 3.43. The van der Waals surface area contributed by atoms with Gasteiger partial charge in [0.2, 0.25) is 0 Å². The van der Waals surface area contributed by atoms with Gasteiger partial charge in [0.25, 0.3) is 12.0 Å². The summed E-state index contributed by atoms with van der Waals surface area (Å²) >= 11 is 0. The Bertz CT molecular complexity index is 528. The molecule has 0 aromatic heterocycles.